The first-order valence-corrected chi connectivity index (χ1v) is 7.53. The summed E-state index contributed by atoms with van der Waals surface area (Å²) in [6, 6.07) is 1.57. The van der Waals surface area contributed by atoms with E-state index in [-0.39, 0.29) is 12.2 Å². The van der Waals surface area contributed by atoms with Crippen LogP contribution in [0.4, 0.5) is 10.2 Å². The number of aliphatic hydroxyl groups is 1. The molecule has 0 amide bonds. The van der Waals surface area contributed by atoms with Gasteiger partial charge in [0.25, 0.3) is 0 Å². The maximum absolute atomic E-state index is 13.6. The predicted molar refractivity (Wildman–Crippen MR) is 79.5 cm³/mol. The van der Waals surface area contributed by atoms with E-state index < -0.39 is 30.8 Å². The van der Waals surface area contributed by atoms with Crippen molar-refractivity contribution in [1.82, 2.24) is 14.5 Å². The van der Waals surface area contributed by atoms with Gasteiger partial charge in [-0.05, 0) is 6.07 Å². The summed E-state index contributed by atoms with van der Waals surface area (Å²) < 4.78 is 25.4. The summed E-state index contributed by atoms with van der Waals surface area (Å²) in [6.45, 7) is 2.38. The van der Waals surface area contributed by atoms with Gasteiger partial charge < -0.3 is 19.5 Å². The molecule has 0 saturated carbocycles. The highest BCUT2D eigenvalue weighted by Gasteiger charge is 2.36. The normalized spacial score (nSPS) is 28.6. The van der Waals surface area contributed by atoms with Gasteiger partial charge in [0, 0.05) is 25.7 Å². The van der Waals surface area contributed by atoms with Crippen LogP contribution in [0.15, 0.2) is 22.1 Å². The smallest absolute Gasteiger partial charge is 0.351 e. The van der Waals surface area contributed by atoms with Crippen molar-refractivity contribution in [3.05, 3.63) is 22.7 Å². The monoisotopic (exact) mass is 326 g/mol. The molecule has 8 nitrogen and oxygen atoms in total. The van der Waals surface area contributed by atoms with Crippen molar-refractivity contribution >= 4 is 12.2 Å². The second-order valence-electron chi connectivity index (χ2n) is 5.43. The van der Waals surface area contributed by atoms with Crippen molar-refractivity contribution in [2.45, 2.75) is 24.9 Å². The van der Waals surface area contributed by atoms with Gasteiger partial charge in [-0.3, -0.25) is 4.57 Å². The van der Waals surface area contributed by atoms with Crippen molar-refractivity contribution in [2.75, 3.05) is 32.9 Å². The number of hydrogen-bond acceptors (Lipinski definition) is 6. The molecule has 1 aromatic heterocycles. The SMILES string of the molecule is O=c1nc(N=CN2CCOCC2)ccn1[C@H]1C[C@H](F)[C@@H](CO)O1. The molecule has 3 rings (SSSR count). The van der Waals surface area contributed by atoms with Gasteiger partial charge >= 0.3 is 5.69 Å². The van der Waals surface area contributed by atoms with Crippen LogP contribution in [0.3, 0.4) is 0 Å². The Kier molecular flexibility index (Phi) is 4.99. The maximum Gasteiger partial charge on any atom is 0.351 e. The topological polar surface area (TPSA) is 89.2 Å². The van der Waals surface area contributed by atoms with Crippen molar-refractivity contribution in [3.8, 4) is 0 Å². The second-order valence-corrected chi connectivity index (χ2v) is 5.43. The quantitative estimate of drug-likeness (QED) is 0.612. The van der Waals surface area contributed by atoms with Gasteiger partial charge in [-0.1, -0.05) is 0 Å². The molecule has 0 bridgehead atoms. The number of alkyl halides is 1. The molecule has 2 saturated heterocycles. The first-order valence-electron chi connectivity index (χ1n) is 7.53. The van der Waals surface area contributed by atoms with Gasteiger partial charge in [0.2, 0.25) is 0 Å². The third-order valence-corrected chi connectivity index (χ3v) is 3.87. The minimum Gasteiger partial charge on any atom is -0.394 e. The first kappa shape index (κ1) is 16.0. The van der Waals surface area contributed by atoms with Gasteiger partial charge in [0.05, 0.1) is 26.2 Å². The molecule has 1 N–H and O–H groups in total. The van der Waals surface area contributed by atoms with E-state index in [4.69, 9.17) is 14.6 Å². The summed E-state index contributed by atoms with van der Waals surface area (Å²) in [4.78, 5) is 22.1. The minimum absolute atomic E-state index is 0.0171. The van der Waals surface area contributed by atoms with Gasteiger partial charge in [-0.25, -0.2) is 14.2 Å². The Balaban J connectivity index is 1.68. The molecule has 2 aliphatic rings. The number of aliphatic hydroxyl groups excluding tert-OH is 1. The Morgan fingerprint density at radius 1 is 1.48 bits per heavy atom. The van der Waals surface area contributed by atoms with Crippen molar-refractivity contribution in [1.29, 1.82) is 0 Å². The molecule has 126 valence electrons. The standard InChI is InChI=1S/C14H19FN4O4/c15-10-7-13(23-11(10)8-20)19-2-1-12(17-14(19)21)16-9-18-3-5-22-6-4-18/h1-2,9-11,13,20H,3-8H2/t10-,11+,13+/m0/s1. The molecular formula is C14H19FN4O4. The molecule has 9 heteroatoms. The lowest BCUT2D eigenvalue weighted by Crippen LogP contribution is -2.35. The number of morpholine rings is 1. The Bertz CT molecular complexity index is 617. The Morgan fingerprint density at radius 2 is 2.26 bits per heavy atom. The van der Waals surface area contributed by atoms with E-state index in [2.05, 4.69) is 9.98 Å². The molecule has 0 aromatic carbocycles. The number of hydrogen-bond donors (Lipinski definition) is 1. The van der Waals surface area contributed by atoms with Gasteiger partial charge in [0.1, 0.15) is 18.5 Å². The highest BCUT2D eigenvalue weighted by molar-refractivity contribution is 5.59. The molecule has 3 heterocycles. The number of rotatable bonds is 4. The molecule has 3 atom stereocenters. The fourth-order valence-electron chi connectivity index (χ4n) is 2.55. The van der Waals surface area contributed by atoms with Crippen LogP contribution in [0.25, 0.3) is 0 Å². The van der Waals surface area contributed by atoms with Crippen LogP contribution in [-0.4, -0.2) is 71.1 Å². The van der Waals surface area contributed by atoms with E-state index in [0.29, 0.717) is 13.2 Å². The fourth-order valence-corrected chi connectivity index (χ4v) is 2.55. The largest absolute Gasteiger partial charge is 0.394 e. The lowest BCUT2D eigenvalue weighted by atomic mass is 10.2. The van der Waals surface area contributed by atoms with Crippen molar-refractivity contribution in [3.63, 3.8) is 0 Å². The summed E-state index contributed by atoms with van der Waals surface area (Å²) in [5.74, 6) is 0.284. The van der Waals surface area contributed by atoms with Crippen LogP contribution >= 0.6 is 0 Å². The van der Waals surface area contributed by atoms with E-state index in [9.17, 15) is 9.18 Å². The third-order valence-electron chi connectivity index (χ3n) is 3.87. The summed E-state index contributed by atoms with van der Waals surface area (Å²) in [5, 5.41) is 9.01. The summed E-state index contributed by atoms with van der Waals surface area (Å²) in [5.41, 5.74) is -0.558. The number of halogens is 1. The van der Waals surface area contributed by atoms with Crippen LogP contribution in [0.2, 0.25) is 0 Å². The van der Waals surface area contributed by atoms with Crippen LogP contribution < -0.4 is 5.69 Å². The van der Waals surface area contributed by atoms with Crippen molar-refractivity contribution < 1.29 is 19.0 Å². The minimum atomic E-state index is -1.30. The van der Waals surface area contributed by atoms with E-state index >= 15 is 0 Å². The van der Waals surface area contributed by atoms with Crippen LogP contribution in [-0.2, 0) is 9.47 Å². The zero-order valence-corrected chi connectivity index (χ0v) is 12.5. The van der Waals surface area contributed by atoms with Crippen molar-refractivity contribution in [2.24, 2.45) is 4.99 Å². The van der Waals surface area contributed by atoms with E-state index in [1.54, 1.807) is 12.4 Å². The average molecular weight is 326 g/mol. The summed E-state index contributed by atoms with van der Waals surface area (Å²) >= 11 is 0. The highest BCUT2D eigenvalue weighted by Crippen LogP contribution is 2.29. The molecular weight excluding hydrogens is 307 g/mol. The van der Waals surface area contributed by atoms with Crippen LogP contribution in [0.1, 0.15) is 12.6 Å². The summed E-state index contributed by atoms with van der Waals surface area (Å²) in [7, 11) is 0. The second kappa shape index (κ2) is 7.16. The summed E-state index contributed by atoms with van der Waals surface area (Å²) in [6.07, 6.45) is 0.197. The predicted octanol–water partition coefficient (Wildman–Crippen LogP) is -0.147. The molecule has 23 heavy (non-hydrogen) atoms. The zero-order chi connectivity index (χ0) is 16.2. The average Bonchev–Trinajstić information content (AvgIpc) is 2.94. The molecule has 2 aliphatic heterocycles. The Hall–Kier alpha value is -1.84. The lowest BCUT2D eigenvalue weighted by molar-refractivity contribution is -0.0355. The van der Waals surface area contributed by atoms with E-state index in [0.717, 1.165) is 13.1 Å². The van der Waals surface area contributed by atoms with Gasteiger partial charge in [-0.15, -0.1) is 0 Å². The Labute approximate surface area is 132 Å². The van der Waals surface area contributed by atoms with Crippen LogP contribution in [0, 0.1) is 0 Å². The van der Waals surface area contributed by atoms with Gasteiger partial charge in [0.15, 0.2) is 5.82 Å². The molecule has 0 unspecified atom stereocenters. The molecule has 0 spiro atoms. The van der Waals surface area contributed by atoms with Crippen LogP contribution in [0.5, 0.6) is 0 Å². The highest BCUT2D eigenvalue weighted by atomic mass is 19.1. The Morgan fingerprint density at radius 3 is 2.91 bits per heavy atom. The number of aliphatic imine (C=N–C) groups is 1. The molecule has 1 aromatic rings. The zero-order valence-electron chi connectivity index (χ0n) is 12.5. The van der Waals surface area contributed by atoms with Gasteiger partial charge in [-0.2, -0.15) is 4.98 Å². The fraction of sp³-hybridized carbons (Fsp3) is 0.643. The lowest BCUT2D eigenvalue weighted by Gasteiger charge is -2.23. The third kappa shape index (κ3) is 3.74. The number of nitrogens with zero attached hydrogens (tertiary/aromatic N) is 4. The first-order chi connectivity index (χ1) is 11.2. The number of ether oxygens (including phenoxy) is 2. The molecule has 2 fully saturated rings. The number of aromatic nitrogens is 2. The van der Waals surface area contributed by atoms with E-state index in [1.165, 1.54) is 10.8 Å². The van der Waals surface area contributed by atoms with E-state index in [1.807, 2.05) is 4.90 Å². The molecule has 0 aliphatic carbocycles. The molecule has 0 radical (unpaired) electrons. The maximum atomic E-state index is 13.6.